The van der Waals surface area contributed by atoms with Crippen molar-refractivity contribution in [3.8, 4) is 11.1 Å². The Morgan fingerprint density at radius 1 is 0.971 bits per heavy atom. The molecule has 2 amide bonds. The second kappa shape index (κ2) is 9.93. The topological polar surface area (TPSA) is 58.2 Å². The number of amides is 2. The fourth-order valence-corrected chi connectivity index (χ4v) is 4.51. The molecule has 3 aromatic carbocycles. The van der Waals surface area contributed by atoms with Gasteiger partial charge in [0.15, 0.2) is 0 Å². The molecule has 0 bridgehead atoms. The van der Waals surface area contributed by atoms with Crippen LogP contribution in [0, 0.1) is 0 Å². The Balaban J connectivity index is 1.49. The third kappa shape index (κ3) is 5.44. The van der Waals surface area contributed by atoms with Crippen molar-refractivity contribution in [2.24, 2.45) is 0 Å². The highest BCUT2D eigenvalue weighted by Crippen LogP contribution is 2.32. The van der Waals surface area contributed by atoms with Gasteiger partial charge in [-0.2, -0.15) is 24.9 Å². The molecule has 0 aliphatic heterocycles. The number of halogens is 3. The molecule has 8 heteroatoms. The summed E-state index contributed by atoms with van der Waals surface area (Å²) >= 11 is 1.48. The van der Waals surface area contributed by atoms with Crippen LogP contribution < -0.4 is 10.6 Å². The fraction of sp³-hybridized carbons (Fsp3) is 0.231. The normalized spacial score (nSPS) is 15.0. The number of alkyl halides is 3. The van der Waals surface area contributed by atoms with Gasteiger partial charge in [0, 0.05) is 17.3 Å². The zero-order chi connectivity index (χ0) is 24.3. The quantitative estimate of drug-likeness (QED) is 0.481. The van der Waals surface area contributed by atoms with Crippen LogP contribution in [0.1, 0.15) is 27.0 Å². The minimum absolute atomic E-state index is 0.0127. The van der Waals surface area contributed by atoms with Gasteiger partial charge in [-0.25, -0.2) is 0 Å². The summed E-state index contributed by atoms with van der Waals surface area (Å²) < 4.78 is 38.7. The van der Waals surface area contributed by atoms with Gasteiger partial charge in [0.05, 0.1) is 11.3 Å². The molecule has 176 valence electrons. The molecule has 0 saturated heterocycles. The van der Waals surface area contributed by atoms with Gasteiger partial charge in [-0.15, -0.1) is 0 Å². The number of hydrogen-bond acceptors (Lipinski definition) is 3. The summed E-state index contributed by atoms with van der Waals surface area (Å²) in [7, 11) is 0. The van der Waals surface area contributed by atoms with E-state index in [1.165, 1.54) is 23.9 Å². The smallest absolute Gasteiger partial charge is 0.352 e. The zero-order valence-corrected chi connectivity index (χ0v) is 19.2. The largest absolute Gasteiger partial charge is 0.416 e. The van der Waals surface area contributed by atoms with Crippen molar-refractivity contribution in [1.29, 1.82) is 0 Å². The van der Waals surface area contributed by atoms with Crippen molar-refractivity contribution in [1.82, 2.24) is 5.32 Å². The Morgan fingerprint density at radius 3 is 2.38 bits per heavy atom. The van der Waals surface area contributed by atoms with Crippen molar-refractivity contribution < 1.29 is 22.8 Å². The monoisotopic (exact) mass is 484 g/mol. The van der Waals surface area contributed by atoms with Gasteiger partial charge in [-0.1, -0.05) is 36.4 Å². The molecule has 4 rings (SSSR count). The van der Waals surface area contributed by atoms with E-state index in [1.54, 1.807) is 24.3 Å². The summed E-state index contributed by atoms with van der Waals surface area (Å²) in [6, 6.07) is 17.3. The van der Waals surface area contributed by atoms with E-state index in [0.717, 1.165) is 29.7 Å². The number of rotatable bonds is 6. The Bertz CT molecular complexity index is 1210. The SMILES string of the molecule is CSCC(=O)NC1Cc2ccc(NC(=O)c3ccccc3-c3ccc(C(F)(F)F)cc3)cc2C1. The van der Waals surface area contributed by atoms with E-state index in [0.29, 0.717) is 34.6 Å². The molecule has 0 aromatic heterocycles. The lowest BCUT2D eigenvalue weighted by atomic mass is 9.98. The maximum absolute atomic E-state index is 13.1. The molecule has 1 unspecified atom stereocenters. The number of carbonyl (C=O) groups excluding carboxylic acids is 2. The van der Waals surface area contributed by atoms with Crippen LogP contribution in [0.3, 0.4) is 0 Å². The first-order valence-electron chi connectivity index (χ1n) is 10.7. The second-order valence-electron chi connectivity index (χ2n) is 8.16. The van der Waals surface area contributed by atoms with Crippen LogP contribution in [0.5, 0.6) is 0 Å². The van der Waals surface area contributed by atoms with Gasteiger partial charge in [0.2, 0.25) is 5.91 Å². The van der Waals surface area contributed by atoms with Crippen molar-refractivity contribution >= 4 is 29.3 Å². The van der Waals surface area contributed by atoms with Crippen molar-refractivity contribution in [3.05, 3.63) is 89.0 Å². The van der Waals surface area contributed by atoms with Crippen molar-refractivity contribution in [3.63, 3.8) is 0 Å². The van der Waals surface area contributed by atoms with Crippen LogP contribution in [0.2, 0.25) is 0 Å². The van der Waals surface area contributed by atoms with Crippen LogP contribution in [0.25, 0.3) is 11.1 Å². The second-order valence-corrected chi connectivity index (χ2v) is 9.03. The highest BCUT2D eigenvalue weighted by atomic mass is 32.2. The lowest BCUT2D eigenvalue weighted by Crippen LogP contribution is -2.36. The molecule has 4 nitrogen and oxygen atoms in total. The molecule has 1 atom stereocenters. The first-order chi connectivity index (χ1) is 16.2. The Hall–Kier alpha value is -3.26. The van der Waals surface area contributed by atoms with Gasteiger partial charge in [0.1, 0.15) is 0 Å². The molecule has 34 heavy (non-hydrogen) atoms. The number of thioether (sulfide) groups is 1. The average molecular weight is 485 g/mol. The summed E-state index contributed by atoms with van der Waals surface area (Å²) in [4.78, 5) is 25.0. The molecular formula is C26H23F3N2O2S. The first-order valence-corrected chi connectivity index (χ1v) is 12.1. The van der Waals surface area contributed by atoms with Crippen LogP contribution >= 0.6 is 11.8 Å². The van der Waals surface area contributed by atoms with E-state index in [-0.39, 0.29) is 17.9 Å². The molecule has 1 aliphatic carbocycles. The lowest BCUT2D eigenvalue weighted by Gasteiger charge is -2.12. The highest BCUT2D eigenvalue weighted by Gasteiger charge is 2.30. The van der Waals surface area contributed by atoms with E-state index in [2.05, 4.69) is 10.6 Å². The summed E-state index contributed by atoms with van der Waals surface area (Å²) in [6.45, 7) is 0. The van der Waals surface area contributed by atoms with Crippen molar-refractivity contribution in [2.45, 2.75) is 25.1 Å². The van der Waals surface area contributed by atoms with Crippen LogP contribution in [0.15, 0.2) is 66.7 Å². The number of nitrogens with one attached hydrogen (secondary N) is 2. The predicted octanol–water partition coefficient (Wildman–Crippen LogP) is 5.57. The summed E-state index contributed by atoms with van der Waals surface area (Å²) in [6.07, 6.45) is -1.09. The standard InChI is InChI=1S/C26H23F3N2O2S/c1-34-15-24(32)30-21-12-17-8-11-20(13-18(17)14-21)31-25(33)23-5-3-2-4-22(23)16-6-9-19(10-7-16)26(27,28)29/h2-11,13,21H,12,14-15H2,1H3,(H,30,32)(H,31,33). The maximum atomic E-state index is 13.1. The maximum Gasteiger partial charge on any atom is 0.416 e. The lowest BCUT2D eigenvalue weighted by molar-refractivity contribution is -0.137. The van der Waals surface area contributed by atoms with Gasteiger partial charge in [-0.3, -0.25) is 9.59 Å². The van der Waals surface area contributed by atoms with Gasteiger partial charge in [0.25, 0.3) is 5.91 Å². The van der Waals surface area contributed by atoms with Gasteiger partial charge >= 0.3 is 6.18 Å². The Kier molecular flexibility index (Phi) is 6.97. The molecule has 1 aliphatic rings. The molecule has 0 radical (unpaired) electrons. The summed E-state index contributed by atoms with van der Waals surface area (Å²) in [5, 5.41) is 5.93. The highest BCUT2D eigenvalue weighted by molar-refractivity contribution is 7.99. The molecular weight excluding hydrogens is 461 g/mol. The average Bonchev–Trinajstić information content (AvgIpc) is 3.20. The number of benzene rings is 3. The van der Waals surface area contributed by atoms with Crippen LogP contribution in [-0.2, 0) is 23.8 Å². The Labute approximate surface area is 200 Å². The van der Waals surface area contributed by atoms with Crippen molar-refractivity contribution in [2.75, 3.05) is 17.3 Å². The Morgan fingerprint density at radius 2 is 1.68 bits per heavy atom. The first kappa shape index (κ1) is 23.9. The number of hydrogen-bond donors (Lipinski definition) is 2. The molecule has 2 N–H and O–H groups in total. The molecule has 3 aromatic rings. The summed E-state index contributed by atoms with van der Waals surface area (Å²) in [5.41, 5.74) is 3.54. The van der Waals surface area contributed by atoms with E-state index in [4.69, 9.17) is 0 Å². The van der Waals surface area contributed by atoms with Crippen LogP contribution in [0.4, 0.5) is 18.9 Å². The molecule has 0 saturated carbocycles. The van der Waals surface area contributed by atoms with E-state index in [1.807, 2.05) is 24.5 Å². The minimum Gasteiger partial charge on any atom is -0.352 e. The predicted molar refractivity (Wildman–Crippen MR) is 129 cm³/mol. The zero-order valence-electron chi connectivity index (χ0n) is 18.4. The van der Waals surface area contributed by atoms with E-state index < -0.39 is 11.7 Å². The third-order valence-electron chi connectivity index (χ3n) is 5.73. The van der Waals surface area contributed by atoms with E-state index >= 15 is 0 Å². The number of anilines is 1. The minimum atomic E-state index is -4.42. The molecule has 0 spiro atoms. The summed E-state index contributed by atoms with van der Waals surface area (Å²) in [5.74, 6) is 0.0870. The van der Waals surface area contributed by atoms with Gasteiger partial charge in [-0.05, 0) is 71.7 Å². The fourth-order valence-electron chi connectivity index (χ4n) is 4.17. The van der Waals surface area contributed by atoms with E-state index in [9.17, 15) is 22.8 Å². The number of fused-ring (bicyclic) bond motifs is 1. The van der Waals surface area contributed by atoms with Crippen LogP contribution in [-0.4, -0.2) is 29.9 Å². The third-order valence-corrected chi connectivity index (χ3v) is 6.28. The molecule has 0 heterocycles. The number of carbonyl (C=O) groups is 2. The molecule has 0 fully saturated rings. The van der Waals surface area contributed by atoms with Gasteiger partial charge < -0.3 is 10.6 Å².